The number of anilines is 1. The molecule has 25 heavy (non-hydrogen) atoms. The van der Waals surface area contributed by atoms with E-state index in [9.17, 15) is 18.4 Å². The first kappa shape index (κ1) is 18.9. The van der Waals surface area contributed by atoms with Crippen molar-refractivity contribution in [1.29, 1.82) is 0 Å². The molecular weight excluding hydrogens is 352 g/mol. The summed E-state index contributed by atoms with van der Waals surface area (Å²) in [5.41, 5.74) is 0.269. The molecule has 1 aromatic heterocycles. The number of aryl methyl sites for hydroxylation is 1. The zero-order valence-electron chi connectivity index (χ0n) is 13.7. The number of hydrogen-bond acceptors (Lipinski definition) is 5. The third kappa shape index (κ3) is 4.99. The van der Waals surface area contributed by atoms with Crippen molar-refractivity contribution < 1.29 is 27.8 Å². The normalized spacial score (nSPS) is 10.4. The van der Waals surface area contributed by atoms with Gasteiger partial charge in [0.25, 0.3) is 5.91 Å². The van der Waals surface area contributed by atoms with Crippen LogP contribution in [0.2, 0.25) is 0 Å². The quantitative estimate of drug-likeness (QED) is 0.755. The molecule has 1 N–H and O–H groups in total. The Balaban J connectivity index is 2.04. The Morgan fingerprint density at radius 3 is 2.60 bits per heavy atom. The van der Waals surface area contributed by atoms with Crippen molar-refractivity contribution in [2.45, 2.75) is 20.3 Å². The van der Waals surface area contributed by atoms with Gasteiger partial charge in [-0.1, -0.05) is 6.92 Å². The third-order valence-electron chi connectivity index (χ3n) is 3.13. The first-order valence-corrected chi connectivity index (χ1v) is 8.43. The van der Waals surface area contributed by atoms with Crippen LogP contribution in [-0.2, 0) is 16.0 Å². The first-order chi connectivity index (χ1) is 11.9. The predicted molar refractivity (Wildman–Crippen MR) is 90.1 cm³/mol. The van der Waals surface area contributed by atoms with E-state index in [1.807, 2.05) is 6.92 Å². The van der Waals surface area contributed by atoms with E-state index in [1.54, 1.807) is 13.0 Å². The van der Waals surface area contributed by atoms with Crippen LogP contribution in [0.15, 0.2) is 24.3 Å². The fourth-order valence-electron chi connectivity index (χ4n) is 1.97. The molecule has 0 unspecified atom stereocenters. The number of hydrogen-bond donors (Lipinski definition) is 1. The van der Waals surface area contributed by atoms with Crippen LogP contribution in [0.4, 0.5) is 13.8 Å². The molecule has 1 heterocycles. The lowest BCUT2D eigenvalue weighted by Crippen LogP contribution is -2.21. The summed E-state index contributed by atoms with van der Waals surface area (Å²) in [6.07, 6.45) is 0.699. The Bertz CT molecular complexity index is 776. The maximum Gasteiger partial charge on any atom is 0.341 e. The predicted octanol–water partition coefficient (Wildman–Crippen LogP) is 3.78. The minimum absolute atomic E-state index is 0.219. The largest absolute Gasteiger partial charge is 0.481 e. The number of esters is 1. The van der Waals surface area contributed by atoms with Crippen molar-refractivity contribution in [2.75, 3.05) is 18.5 Å². The lowest BCUT2D eigenvalue weighted by Gasteiger charge is -2.08. The molecule has 0 saturated carbocycles. The van der Waals surface area contributed by atoms with E-state index in [4.69, 9.17) is 9.47 Å². The van der Waals surface area contributed by atoms with Crippen LogP contribution < -0.4 is 10.1 Å². The second-order valence-corrected chi connectivity index (χ2v) is 6.08. The van der Waals surface area contributed by atoms with E-state index >= 15 is 0 Å². The Hall–Kier alpha value is -2.48. The second-order valence-electron chi connectivity index (χ2n) is 4.94. The lowest BCUT2D eigenvalue weighted by atomic mass is 10.2. The molecular formula is C17H17F2NO4S. The Morgan fingerprint density at radius 1 is 1.20 bits per heavy atom. The fraction of sp³-hybridized carbons (Fsp3) is 0.294. The average Bonchev–Trinajstić information content (AvgIpc) is 2.97. The molecule has 8 heteroatoms. The summed E-state index contributed by atoms with van der Waals surface area (Å²) in [5.74, 6) is -2.97. The SMILES string of the molecule is CCOC(=O)c1cc(CC)sc1NC(=O)COc1ccc(F)cc1F. The molecule has 0 bridgehead atoms. The van der Waals surface area contributed by atoms with Crippen molar-refractivity contribution in [3.05, 3.63) is 46.3 Å². The molecule has 2 rings (SSSR count). The molecule has 134 valence electrons. The highest BCUT2D eigenvalue weighted by Gasteiger charge is 2.19. The van der Waals surface area contributed by atoms with Gasteiger partial charge in [0, 0.05) is 10.9 Å². The molecule has 5 nitrogen and oxygen atoms in total. The monoisotopic (exact) mass is 369 g/mol. The maximum absolute atomic E-state index is 13.5. The van der Waals surface area contributed by atoms with Gasteiger partial charge < -0.3 is 14.8 Å². The summed E-state index contributed by atoms with van der Waals surface area (Å²) in [5, 5.41) is 2.91. The number of carbonyl (C=O) groups excluding carboxylic acids is 2. The minimum atomic E-state index is -0.899. The van der Waals surface area contributed by atoms with Crippen LogP contribution in [0.25, 0.3) is 0 Å². The standard InChI is InChI=1S/C17H17F2NO4S/c1-3-11-8-12(17(22)23-4-2)16(25-11)20-15(21)9-24-14-6-5-10(18)7-13(14)19/h5-8H,3-4,9H2,1-2H3,(H,20,21). The van der Waals surface area contributed by atoms with Crippen molar-refractivity contribution in [3.8, 4) is 5.75 Å². The van der Waals surface area contributed by atoms with Crippen molar-refractivity contribution >= 4 is 28.2 Å². The van der Waals surface area contributed by atoms with Gasteiger partial charge in [-0.3, -0.25) is 4.79 Å². The molecule has 0 aliphatic rings. The number of carbonyl (C=O) groups is 2. The van der Waals surface area contributed by atoms with Gasteiger partial charge in [-0.2, -0.15) is 0 Å². The van der Waals surface area contributed by atoms with Crippen LogP contribution in [0.5, 0.6) is 5.75 Å². The van der Waals surface area contributed by atoms with Gasteiger partial charge in [-0.05, 0) is 31.5 Å². The number of amides is 1. The zero-order valence-corrected chi connectivity index (χ0v) is 14.5. The first-order valence-electron chi connectivity index (χ1n) is 7.62. The van der Waals surface area contributed by atoms with Gasteiger partial charge in [0.15, 0.2) is 18.2 Å². The molecule has 0 aliphatic heterocycles. The van der Waals surface area contributed by atoms with Gasteiger partial charge in [-0.25, -0.2) is 13.6 Å². The highest BCUT2D eigenvalue weighted by atomic mass is 32.1. The van der Waals surface area contributed by atoms with E-state index in [1.165, 1.54) is 11.3 Å². The van der Waals surface area contributed by atoms with Gasteiger partial charge >= 0.3 is 5.97 Å². The van der Waals surface area contributed by atoms with E-state index < -0.39 is 30.1 Å². The van der Waals surface area contributed by atoms with Gasteiger partial charge in [0.2, 0.25) is 0 Å². The fourth-order valence-corrected chi connectivity index (χ4v) is 2.97. The van der Waals surface area contributed by atoms with E-state index in [0.29, 0.717) is 17.5 Å². The van der Waals surface area contributed by atoms with E-state index in [-0.39, 0.29) is 17.9 Å². The number of halogens is 2. The summed E-state index contributed by atoms with van der Waals surface area (Å²) >= 11 is 1.26. The average molecular weight is 369 g/mol. The number of rotatable bonds is 7. The number of thiophene rings is 1. The van der Waals surface area contributed by atoms with E-state index in [2.05, 4.69) is 5.32 Å². The molecule has 0 atom stereocenters. The summed E-state index contributed by atoms with van der Waals surface area (Å²) in [4.78, 5) is 24.9. The third-order valence-corrected chi connectivity index (χ3v) is 4.33. The van der Waals surface area contributed by atoms with Crippen molar-refractivity contribution in [3.63, 3.8) is 0 Å². The number of ether oxygens (including phenoxy) is 2. The number of benzene rings is 1. The van der Waals surface area contributed by atoms with Gasteiger partial charge in [0.05, 0.1) is 12.2 Å². The molecule has 1 amide bonds. The zero-order chi connectivity index (χ0) is 18.4. The summed E-state index contributed by atoms with van der Waals surface area (Å²) in [6.45, 7) is 3.35. The lowest BCUT2D eigenvalue weighted by molar-refractivity contribution is -0.118. The van der Waals surface area contributed by atoms with Crippen LogP contribution in [0, 0.1) is 11.6 Å². The van der Waals surface area contributed by atoms with Crippen LogP contribution >= 0.6 is 11.3 Å². The maximum atomic E-state index is 13.5. The Labute approximate surface area is 147 Å². The highest BCUT2D eigenvalue weighted by molar-refractivity contribution is 7.16. The van der Waals surface area contributed by atoms with Crippen LogP contribution in [0.1, 0.15) is 29.1 Å². The Morgan fingerprint density at radius 2 is 1.96 bits per heavy atom. The second kappa shape index (κ2) is 8.57. The smallest absolute Gasteiger partial charge is 0.341 e. The van der Waals surface area contributed by atoms with Gasteiger partial charge in [0.1, 0.15) is 10.8 Å². The molecule has 1 aromatic carbocycles. The molecule has 0 spiro atoms. The molecule has 0 aliphatic carbocycles. The van der Waals surface area contributed by atoms with Crippen LogP contribution in [0.3, 0.4) is 0 Å². The highest BCUT2D eigenvalue weighted by Crippen LogP contribution is 2.29. The number of nitrogens with one attached hydrogen (secondary N) is 1. The molecule has 0 radical (unpaired) electrons. The Kier molecular flexibility index (Phi) is 6.46. The molecule has 0 saturated heterocycles. The van der Waals surface area contributed by atoms with Crippen molar-refractivity contribution in [1.82, 2.24) is 0 Å². The topological polar surface area (TPSA) is 64.6 Å². The minimum Gasteiger partial charge on any atom is -0.481 e. The van der Waals surface area contributed by atoms with Crippen molar-refractivity contribution in [2.24, 2.45) is 0 Å². The molecule has 2 aromatic rings. The summed E-state index contributed by atoms with van der Waals surface area (Å²) in [7, 11) is 0. The molecule has 0 fully saturated rings. The summed E-state index contributed by atoms with van der Waals surface area (Å²) in [6, 6.07) is 4.46. The summed E-state index contributed by atoms with van der Waals surface area (Å²) < 4.78 is 36.3. The van der Waals surface area contributed by atoms with E-state index in [0.717, 1.165) is 17.0 Å². The van der Waals surface area contributed by atoms with Crippen LogP contribution in [-0.4, -0.2) is 25.1 Å². The van der Waals surface area contributed by atoms with Gasteiger partial charge in [-0.15, -0.1) is 11.3 Å².